The van der Waals surface area contributed by atoms with Crippen LogP contribution in [0.15, 0.2) is 47.1 Å². The highest BCUT2D eigenvalue weighted by Gasteiger charge is 2.17. The third-order valence-electron chi connectivity index (χ3n) is 3.39. The molecule has 0 unspecified atom stereocenters. The predicted molar refractivity (Wildman–Crippen MR) is 100 cm³/mol. The zero-order chi connectivity index (χ0) is 16.4. The highest BCUT2D eigenvalue weighted by atomic mass is 79.9. The Bertz CT molecular complexity index is 885. The van der Waals surface area contributed by atoms with Crippen LogP contribution in [0.1, 0.15) is 16.1 Å². The molecule has 3 aromatic rings. The Morgan fingerprint density at radius 3 is 2.54 bits per heavy atom. The highest BCUT2D eigenvalue weighted by molar-refractivity contribution is 9.10. The van der Waals surface area contributed by atoms with Crippen LogP contribution in [0.4, 0.5) is 11.4 Å². The van der Waals surface area contributed by atoms with Crippen molar-refractivity contribution in [2.45, 2.75) is 6.92 Å². The molecule has 24 heavy (non-hydrogen) atoms. The topological polar surface area (TPSA) is 64.1 Å². The molecule has 0 aliphatic heterocycles. The molecular formula is C17H15BrClN3O2. The molecule has 2 aromatic heterocycles. The Morgan fingerprint density at radius 2 is 1.88 bits per heavy atom. The number of nitrogens with one attached hydrogen (secondary N) is 1. The van der Waals surface area contributed by atoms with Crippen LogP contribution in [0.5, 0.6) is 0 Å². The Labute approximate surface area is 154 Å². The number of pyridine rings is 2. The van der Waals surface area contributed by atoms with Crippen LogP contribution < -0.4 is 5.32 Å². The van der Waals surface area contributed by atoms with E-state index < -0.39 is 5.97 Å². The van der Waals surface area contributed by atoms with E-state index in [1.54, 1.807) is 0 Å². The SMILES string of the molecule is COC(=O)c1cnc2nc(C)ccc2c1Nc1ccc(Br)cc1.Cl. The van der Waals surface area contributed by atoms with Crippen molar-refractivity contribution in [3.05, 3.63) is 58.3 Å². The standard InChI is InChI=1S/C17H14BrN3O2.ClH/c1-10-3-8-13-15(21-12-6-4-11(18)5-7-12)14(17(22)23-2)9-19-16(13)20-10;/h3-9H,1-2H3,(H,19,20,21);1H. The van der Waals surface area contributed by atoms with Crippen LogP contribution in [0.3, 0.4) is 0 Å². The van der Waals surface area contributed by atoms with Gasteiger partial charge in [-0.15, -0.1) is 12.4 Å². The van der Waals surface area contributed by atoms with Gasteiger partial charge >= 0.3 is 5.97 Å². The van der Waals surface area contributed by atoms with Crippen LogP contribution in [0.2, 0.25) is 0 Å². The molecule has 0 amide bonds. The monoisotopic (exact) mass is 407 g/mol. The third-order valence-corrected chi connectivity index (χ3v) is 3.92. The molecular weight excluding hydrogens is 394 g/mol. The number of carbonyl (C=O) groups excluding carboxylic acids is 1. The lowest BCUT2D eigenvalue weighted by Crippen LogP contribution is -2.07. The molecule has 0 radical (unpaired) electrons. The van der Waals surface area contributed by atoms with Crippen LogP contribution in [0, 0.1) is 6.92 Å². The summed E-state index contributed by atoms with van der Waals surface area (Å²) in [5, 5.41) is 4.04. The second-order valence-electron chi connectivity index (χ2n) is 4.99. The van der Waals surface area contributed by atoms with Gasteiger partial charge in [0.2, 0.25) is 0 Å². The molecule has 0 aliphatic carbocycles. The average molecular weight is 409 g/mol. The number of halogens is 2. The molecule has 0 saturated carbocycles. The number of methoxy groups -OCH3 is 1. The zero-order valence-corrected chi connectivity index (χ0v) is 15.4. The minimum Gasteiger partial charge on any atom is -0.465 e. The molecule has 0 bridgehead atoms. The predicted octanol–water partition coefficient (Wildman–Crippen LogP) is 4.65. The van der Waals surface area contributed by atoms with Gasteiger partial charge in [0.05, 0.1) is 12.8 Å². The Balaban J connectivity index is 0.00000208. The van der Waals surface area contributed by atoms with Crippen LogP contribution in [-0.4, -0.2) is 23.0 Å². The smallest absolute Gasteiger partial charge is 0.341 e. The third kappa shape index (κ3) is 3.66. The number of rotatable bonds is 3. The number of hydrogen-bond donors (Lipinski definition) is 1. The van der Waals surface area contributed by atoms with E-state index in [4.69, 9.17) is 4.74 Å². The molecule has 0 saturated heterocycles. The molecule has 3 rings (SSSR count). The van der Waals surface area contributed by atoms with Gasteiger partial charge in [0, 0.05) is 27.4 Å². The normalized spacial score (nSPS) is 10.1. The van der Waals surface area contributed by atoms with Gasteiger partial charge in [-0.25, -0.2) is 14.8 Å². The lowest BCUT2D eigenvalue weighted by atomic mass is 10.1. The fourth-order valence-corrected chi connectivity index (χ4v) is 2.51. The van der Waals surface area contributed by atoms with E-state index >= 15 is 0 Å². The molecule has 0 atom stereocenters. The molecule has 7 heteroatoms. The molecule has 1 N–H and O–H groups in total. The van der Waals surface area contributed by atoms with E-state index in [1.165, 1.54) is 13.3 Å². The summed E-state index contributed by atoms with van der Waals surface area (Å²) in [5.74, 6) is -0.445. The lowest BCUT2D eigenvalue weighted by molar-refractivity contribution is 0.0601. The van der Waals surface area contributed by atoms with E-state index in [-0.39, 0.29) is 12.4 Å². The first-order chi connectivity index (χ1) is 11.1. The van der Waals surface area contributed by atoms with Crippen molar-refractivity contribution >= 4 is 56.7 Å². The summed E-state index contributed by atoms with van der Waals surface area (Å²) in [6.07, 6.45) is 1.49. The highest BCUT2D eigenvalue weighted by Crippen LogP contribution is 2.29. The molecule has 124 valence electrons. The van der Waals surface area contributed by atoms with Crippen molar-refractivity contribution in [1.82, 2.24) is 9.97 Å². The van der Waals surface area contributed by atoms with Gasteiger partial charge in [-0.05, 0) is 43.3 Å². The van der Waals surface area contributed by atoms with Gasteiger partial charge in [0.25, 0.3) is 0 Å². The number of benzene rings is 1. The minimum atomic E-state index is -0.445. The van der Waals surface area contributed by atoms with E-state index in [0.29, 0.717) is 16.9 Å². The molecule has 0 fully saturated rings. The van der Waals surface area contributed by atoms with Gasteiger partial charge in [-0.1, -0.05) is 15.9 Å². The number of fused-ring (bicyclic) bond motifs is 1. The van der Waals surface area contributed by atoms with E-state index in [9.17, 15) is 4.79 Å². The first-order valence-corrected chi connectivity index (χ1v) is 7.75. The van der Waals surface area contributed by atoms with Crippen LogP contribution in [-0.2, 0) is 4.74 Å². The second kappa shape index (κ2) is 7.59. The summed E-state index contributed by atoms with van der Waals surface area (Å²) < 4.78 is 5.84. The van der Waals surface area contributed by atoms with Crippen molar-refractivity contribution in [3.8, 4) is 0 Å². The molecule has 5 nitrogen and oxygen atoms in total. The maximum Gasteiger partial charge on any atom is 0.341 e. The quantitative estimate of drug-likeness (QED) is 0.639. The largest absolute Gasteiger partial charge is 0.465 e. The molecule has 0 spiro atoms. The van der Waals surface area contributed by atoms with Gasteiger partial charge < -0.3 is 10.1 Å². The summed E-state index contributed by atoms with van der Waals surface area (Å²) in [4.78, 5) is 20.7. The van der Waals surface area contributed by atoms with E-state index in [1.807, 2.05) is 43.3 Å². The number of aryl methyl sites for hydroxylation is 1. The number of nitrogens with zero attached hydrogens (tertiary/aromatic N) is 2. The Morgan fingerprint density at radius 1 is 1.17 bits per heavy atom. The zero-order valence-electron chi connectivity index (χ0n) is 13.0. The number of anilines is 2. The summed E-state index contributed by atoms with van der Waals surface area (Å²) in [6.45, 7) is 1.90. The van der Waals surface area contributed by atoms with Crippen molar-refractivity contribution in [2.75, 3.05) is 12.4 Å². The number of aromatic nitrogens is 2. The lowest BCUT2D eigenvalue weighted by Gasteiger charge is -2.13. The van der Waals surface area contributed by atoms with Crippen molar-refractivity contribution in [1.29, 1.82) is 0 Å². The summed E-state index contributed by atoms with van der Waals surface area (Å²) in [7, 11) is 1.35. The van der Waals surface area contributed by atoms with Crippen LogP contribution >= 0.6 is 28.3 Å². The van der Waals surface area contributed by atoms with E-state index in [2.05, 4.69) is 31.2 Å². The summed E-state index contributed by atoms with van der Waals surface area (Å²) in [6, 6.07) is 11.5. The fraction of sp³-hybridized carbons (Fsp3) is 0.118. The van der Waals surface area contributed by atoms with Crippen molar-refractivity contribution < 1.29 is 9.53 Å². The van der Waals surface area contributed by atoms with Gasteiger partial charge in [-0.2, -0.15) is 0 Å². The average Bonchev–Trinajstić information content (AvgIpc) is 2.56. The van der Waals surface area contributed by atoms with Crippen LogP contribution in [0.25, 0.3) is 11.0 Å². The number of hydrogen-bond acceptors (Lipinski definition) is 5. The number of esters is 1. The number of ether oxygens (including phenoxy) is 1. The number of carbonyl (C=O) groups is 1. The Kier molecular flexibility index (Phi) is 5.75. The van der Waals surface area contributed by atoms with Crippen molar-refractivity contribution in [2.24, 2.45) is 0 Å². The summed E-state index contributed by atoms with van der Waals surface area (Å²) in [5.41, 5.74) is 3.30. The summed E-state index contributed by atoms with van der Waals surface area (Å²) >= 11 is 3.41. The first kappa shape index (κ1) is 18.2. The first-order valence-electron chi connectivity index (χ1n) is 6.96. The minimum absolute atomic E-state index is 0. The second-order valence-corrected chi connectivity index (χ2v) is 5.91. The fourth-order valence-electron chi connectivity index (χ4n) is 2.25. The van der Waals surface area contributed by atoms with Gasteiger partial charge in [0.15, 0.2) is 5.65 Å². The maximum atomic E-state index is 12.1. The molecule has 2 heterocycles. The van der Waals surface area contributed by atoms with Crippen molar-refractivity contribution in [3.63, 3.8) is 0 Å². The maximum absolute atomic E-state index is 12.1. The van der Waals surface area contributed by atoms with Gasteiger partial charge in [-0.3, -0.25) is 0 Å². The van der Waals surface area contributed by atoms with E-state index in [0.717, 1.165) is 21.2 Å². The Hall–Kier alpha value is -2.18. The molecule has 1 aromatic carbocycles. The van der Waals surface area contributed by atoms with Gasteiger partial charge in [0.1, 0.15) is 5.56 Å². The molecule has 0 aliphatic rings.